The van der Waals surface area contributed by atoms with E-state index in [2.05, 4.69) is 6.58 Å². The highest BCUT2D eigenvalue weighted by Crippen LogP contribution is 2.52. The van der Waals surface area contributed by atoms with Crippen molar-refractivity contribution in [2.24, 2.45) is 23.2 Å². The Morgan fingerprint density at radius 1 is 1.47 bits per heavy atom. The Morgan fingerprint density at radius 3 is 2.84 bits per heavy atom. The van der Waals surface area contributed by atoms with E-state index in [4.69, 9.17) is 4.74 Å². The van der Waals surface area contributed by atoms with Gasteiger partial charge in [0.2, 0.25) is 0 Å². The van der Waals surface area contributed by atoms with Crippen LogP contribution >= 0.6 is 0 Å². The molecule has 6 atom stereocenters. The van der Waals surface area contributed by atoms with Gasteiger partial charge in [0.15, 0.2) is 5.78 Å². The minimum atomic E-state index is -0.922. The highest BCUT2D eigenvalue weighted by Gasteiger charge is 2.59. The molecule has 1 saturated carbocycles. The number of aliphatic hydroxyl groups excluding tert-OH is 1. The third-order valence-corrected chi connectivity index (χ3v) is 5.17. The summed E-state index contributed by atoms with van der Waals surface area (Å²) in [5.74, 6) is -0.802. The number of aliphatic hydroxyl groups is 1. The van der Waals surface area contributed by atoms with Crippen molar-refractivity contribution in [2.75, 3.05) is 0 Å². The fourth-order valence-electron chi connectivity index (χ4n) is 3.98. The van der Waals surface area contributed by atoms with E-state index < -0.39 is 23.4 Å². The van der Waals surface area contributed by atoms with Gasteiger partial charge in [-0.1, -0.05) is 19.6 Å². The number of hydrogen-bond donors (Lipinski definition) is 1. The Labute approximate surface area is 112 Å². The summed E-state index contributed by atoms with van der Waals surface area (Å²) in [6.07, 6.45) is 2.83. The Morgan fingerprint density at radius 2 is 2.16 bits per heavy atom. The van der Waals surface area contributed by atoms with Crippen LogP contribution in [0.2, 0.25) is 0 Å². The molecule has 2 aliphatic carbocycles. The van der Waals surface area contributed by atoms with E-state index in [1.807, 2.05) is 13.0 Å². The van der Waals surface area contributed by atoms with Gasteiger partial charge in [-0.15, -0.1) is 0 Å². The normalized spacial score (nSPS) is 48.8. The second-order valence-electron chi connectivity index (χ2n) is 6.18. The van der Waals surface area contributed by atoms with Crippen LogP contribution in [-0.4, -0.2) is 29.1 Å². The van der Waals surface area contributed by atoms with Crippen molar-refractivity contribution >= 4 is 11.8 Å². The molecule has 19 heavy (non-hydrogen) atoms. The van der Waals surface area contributed by atoms with E-state index in [9.17, 15) is 14.7 Å². The molecule has 1 heterocycles. The molecule has 0 aromatic heterocycles. The van der Waals surface area contributed by atoms with Crippen molar-refractivity contribution in [3.63, 3.8) is 0 Å². The summed E-state index contributed by atoms with van der Waals surface area (Å²) in [6, 6.07) is 0. The predicted molar refractivity (Wildman–Crippen MR) is 68.0 cm³/mol. The zero-order chi connectivity index (χ0) is 13.9. The predicted octanol–water partition coefficient (Wildman–Crippen LogP) is 1.25. The first-order valence-electron chi connectivity index (χ1n) is 6.68. The summed E-state index contributed by atoms with van der Waals surface area (Å²) in [7, 11) is 0. The van der Waals surface area contributed by atoms with E-state index in [-0.39, 0.29) is 23.7 Å². The molecule has 0 spiro atoms. The molecule has 1 N–H and O–H groups in total. The van der Waals surface area contributed by atoms with Gasteiger partial charge in [-0.2, -0.15) is 0 Å². The van der Waals surface area contributed by atoms with Crippen LogP contribution in [0.4, 0.5) is 0 Å². The number of carbonyl (C=O) groups is 2. The summed E-state index contributed by atoms with van der Waals surface area (Å²) >= 11 is 0. The molecule has 3 rings (SSSR count). The van der Waals surface area contributed by atoms with Crippen LogP contribution in [0.1, 0.15) is 20.3 Å². The third-order valence-electron chi connectivity index (χ3n) is 5.17. The number of esters is 1. The first-order chi connectivity index (χ1) is 8.87. The number of allylic oxidation sites excluding steroid dienone is 2. The lowest BCUT2D eigenvalue weighted by Crippen LogP contribution is -2.46. The molecule has 1 saturated heterocycles. The molecule has 1 aliphatic heterocycles. The lowest BCUT2D eigenvalue weighted by atomic mass is 9.67. The Hall–Kier alpha value is -1.42. The zero-order valence-corrected chi connectivity index (χ0v) is 11.1. The summed E-state index contributed by atoms with van der Waals surface area (Å²) in [5.41, 5.74) is -0.568. The van der Waals surface area contributed by atoms with E-state index in [0.717, 1.165) is 0 Å². The van der Waals surface area contributed by atoms with Crippen molar-refractivity contribution < 1.29 is 19.4 Å². The molecule has 0 bridgehead atoms. The van der Waals surface area contributed by atoms with Crippen LogP contribution in [0, 0.1) is 23.2 Å². The average molecular weight is 262 g/mol. The van der Waals surface area contributed by atoms with Gasteiger partial charge < -0.3 is 9.84 Å². The van der Waals surface area contributed by atoms with E-state index in [0.29, 0.717) is 12.0 Å². The molecule has 102 valence electrons. The molecule has 0 amide bonds. The fraction of sp³-hybridized carbons (Fsp3) is 0.600. The number of ketones is 1. The summed E-state index contributed by atoms with van der Waals surface area (Å²) in [6.45, 7) is 7.57. The standard InChI is InChI=1S/C15H18O4/c1-7-6-10-12(8(2)14(18)19-10)13(17)15(3)9(7)4-5-11(15)16/h4-5,7,9-10,12-13,17H,2,6H2,1,3H3/t7-,9+,10?,12?,13+,15+/m1/s1. The van der Waals surface area contributed by atoms with Crippen molar-refractivity contribution in [3.05, 3.63) is 24.3 Å². The van der Waals surface area contributed by atoms with E-state index >= 15 is 0 Å². The topological polar surface area (TPSA) is 63.6 Å². The van der Waals surface area contributed by atoms with Gasteiger partial charge in [-0.25, -0.2) is 4.79 Å². The first-order valence-corrected chi connectivity index (χ1v) is 6.68. The van der Waals surface area contributed by atoms with Gasteiger partial charge in [0, 0.05) is 5.57 Å². The Bertz CT molecular complexity index is 506. The van der Waals surface area contributed by atoms with Gasteiger partial charge >= 0.3 is 5.97 Å². The molecular weight excluding hydrogens is 244 g/mol. The molecule has 4 heteroatoms. The largest absolute Gasteiger partial charge is 0.458 e. The quantitative estimate of drug-likeness (QED) is 0.527. The SMILES string of the molecule is C=C1C(=O)OC2C[C@@H](C)[C@@H]3C=CC(=O)[C@@]3(C)[C@@H](O)C12. The second kappa shape index (κ2) is 3.79. The lowest BCUT2D eigenvalue weighted by molar-refractivity contribution is -0.140. The molecule has 2 unspecified atom stereocenters. The van der Waals surface area contributed by atoms with Crippen LogP contribution in [-0.2, 0) is 14.3 Å². The molecule has 3 aliphatic rings. The zero-order valence-electron chi connectivity index (χ0n) is 11.1. The van der Waals surface area contributed by atoms with E-state index in [1.54, 1.807) is 13.0 Å². The van der Waals surface area contributed by atoms with E-state index in [1.165, 1.54) is 0 Å². The minimum Gasteiger partial charge on any atom is -0.458 e. The van der Waals surface area contributed by atoms with Gasteiger partial charge in [-0.05, 0) is 31.3 Å². The minimum absolute atomic E-state index is 0.00731. The van der Waals surface area contributed by atoms with Crippen LogP contribution in [0.5, 0.6) is 0 Å². The van der Waals surface area contributed by atoms with Gasteiger partial charge in [0.1, 0.15) is 6.10 Å². The summed E-state index contributed by atoms with van der Waals surface area (Å²) < 4.78 is 5.31. The highest BCUT2D eigenvalue weighted by atomic mass is 16.6. The molecule has 0 aromatic rings. The maximum atomic E-state index is 12.2. The monoisotopic (exact) mass is 262 g/mol. The molecule has 4 nitrogen and oxygen atoms in total. The van der Waals surface area contributed by atoms with Gasteiger partial charge in [-0.3, -0.25) is 4.79 Å². The second-order valence-corrected chi connectivity index (χ2v) is 6.18. The van der Waals surface area contributed by atoms with Crippen LogP contribution in [0.3, 0.4) is 0 Å². The van der Waals surface area contributed by atoms with Crippen LogP contribution in [0.25, 0.3) is 0 Å². The highest BCUT2D eigenvalue weighted by molar-refractivity contribution is 5.99. The van der Waals surface area contributed by atoms with Gasteiger partial charge in [0.05, 0.1) is 17.4 Å². The van der Waals surface area contributed by atoms with Crippen molar-refractivity contribution in [1.29, 1.82) is 0 Å². The molecule has 0 radical (unpaired) electrons. The Kier molecular flexibility index (Phi) is 2.52. The van der Waals surface area contributed by atoms with Gasteiger partial charge in [0.25, 0.3) is 0 Å². The fourth-order valence-corrected chi connectivity index (χ4v) is 3.98. The average Bonchev–Trinajstić information content (AvgIpc) is 2.77. The van der Waals surface area contributed by atoms with Crippen molar-refractivity contribution in [1.82, 2.24) is 0 Å². The van der Waals surface area contributed by atoms with Crippen LogP contribution in [0.15, 0.2) is 24.3 Å². The Balaban J connectivity index is 2.08. The third kappa shape index (κ3) is 1.43. The maximum absolute atomic E-state index is 12.2. The number of carbonyl (C=O) groups excluding carboxylic acids is 2. The number of hydrogen-bond acceptors (Lipinski definition) is 4. The first kappa shape index (κ1) is 12.6. The summed E-state index contributed by atoms with van der Waals surface area (Å²) in [5, 5.41) is 10.7. The molecule has 0 aromatic carbocycles. The smallest absolute Gasteiger partial charge is 0.334 e. The lowest BCUT2D eigenvalue weighted by Gasteiger charge is -2.37. The molecular formula is C15H18O4. The van der Waals surface area contributed by atoms with Crippen molar-refractivity contribution in [2.45, 2.75) is 32.5 Å². The summed E-state index contributed by atoms with van der Waals surface area (Å²) in [4.78, 5) is 23.9. The number of fused-ring (bicyclic) bond motifs is 2. The number of rotatable bonds is 0. The molecule has 2 fully saturated rings. The van der Waals surface area contributed by atoms with Crippen LogP contribution < -0.4 is 0 Å². The maximum Gasteiger partial charge on any atom is 0.334 e. The van der Waals surface area contributed by atoms with Crippen molar-refractivity contribution in [3.8, 4) is 0 Å². The number of ether oxygens (including phenoxy) is 1.